The highest BCUT2D eigenvalue weighted by Crippen LogP contribution is 2.38. The van der Waals surface area contributed by atoms with Crippen molar-refractivity contribution in [2.24, 2.45) is 0 Å². The summed E-state index contributed by atoms with van der Waals surface area (Å²) in [6, 6.07) is 9.64. The lowest BCUT2D eigenvalue weighted by molar-refractivity contribution is -0.157. The number of hydrogen-bond acceptors (Lipinski definition) is 6. The summed E-state index contributed by atoms with van der Waals surface area (Å²) < 4.78 is 6.64. The average molecular weight is 417 g/mol. The number of benzene rings is 1. The SMILES string of the molecule is CCNCC/C=C/c1c2c(nc3ccccc13)-c1cc3c(c(=O)n1C2)COC(=O)[C@H]3O. The summed E-state index contributed by atoms with van der Waals surface area (Å²) in [7, 11) is 0. The van der Waals surface area contributed by atoms with Crippen molar-refractivity contribution in [3.05, 3.63) is 69.0 Å². The van der Waals surface area contributed by atoms with E-state index in [0.29, 0.717) is 23.4 Å². The predicted molar refractivity (Wildman–Crippen MR) is 117 cm³/mol. The molecule has 31 heavy (non-hydrogen) atoms. The summed E-state index contributed by atoms with van der Waals surface area (Å²) in [5.41, 5.74) is 4.60. The summed E-state index contributed by atoms with van der Waals surface area (Å²) in [5.74, 6) is -0.731. The third kappa shape index (κ3) is 3.17. The van der Waals surface area contributed by atoms with Crippen LogP contribution in [-0.2, 0) is 22.7 Å². The zero-order valence-corrected chi connectivity index (χ0v) is 17.2. The minimum atomic E-state index is -1.45. The van der Waals surface area contributed by atoms with Crippen molar-refractivity contribution in [3.63, 3.8) is 0 Å². The molecule has 1 aromatic carbocycles. The number of aliphatic hydroxyl groups is 1. The molecular weight excluding hydrogens is 394 g/mol. The average Bonchev–Trinajstić information content (AvgIpc) is 3.14. The molecule has 0 aliphatic carbocycles. The third-order valence-electron chi connectivity index (χ3n) is 5.93. The van der Waals surface area contributed by atoms with E-state index in [4.69, 9.17) is 9.72 Å². The minimum Gasteiger partial charge on any atom is -0.458 e. The van der Waals surface area contributed by atoms with Crippen molar-refractivity contribution in [1.29, 1.82) is 0 Å². The number of carbonyl (C=O) groups is 1. The lowest BCUT2D eigenvalue weighted by Gasteiger charge is -2.21. The van der Waals surface area contributed by atoms with E-state index in [9.17, 15) is 14.7 Å². The zero-order chi connectivity index (χ0) is 21.5. The van der Waals surface area contributed by atoms with Crippen molar-refractivity contribution in [2.45, 2.75) is 32.6 Å². The molecule has 0 spiro atoms. The van der Waals surface area contributed by atoms with Crippen LogP contribution < -0.4 is 10.9 Å². The number of esters is 1. The highest BCUT2D eigenvalue weighted by molar-refractivity contribution is 5.93. The van der Waals surface area contributed by atoms with Crippen LogP contribution in [0.5, 0.6) is 0 Å². The molecule has 0 radical (unpaired) electrons. The second kappa shape index (κ2) is 7.76. The second-order valence-corrected chi connectivity index (χ2v) is 7.78. The Morgan fingerprint density at radius 1 is 1.29 bits per heavy atom. The van der Waals surface area contributed by atoms with Gasteiger partial charge in [-0.2, -0.15) is 0 Å². The molecule has 158 valence electrons. The Morgan fingerprint density at radius 3 is 2.97 bits per heavy atom. The molecule has 0 saturated heterocycles. The number of aromatic nitrogens is 2. The van der Waals surface area contributed by atoms with Crippen LogP contribution in [0.1, 0.15) is 41.7 Å². The number of pyridine rings is 2. The topological polar surface area (TPSA) is 93.5 Å². The molecule has 7 nitrogen and oxygen atoms in total. The number of nitrogens with zero attached hydrogens (tertiary/aromatic N) is 2. The Kier molecular flexibility index (Phi) is 4.92. The highest BCUT2D eigenvalue weighted by atomic mass is 16.5. The van der Waals surface area contributed by atoms with Crippen LogP contribution in [0.15, 0.2) is 41.2 Å². The van der Waals surface area contributed by atoms with Crippen LogP contribution in [0.25, 0.3) is 28.4 Å². The Balaban J connectivity index is 1.68. The van der Waals surface area contributed by atoms with Gasteiger partial charge in [-0.1, -0.05) is 37.3 Å². The van der Waals surface area contributed by atoms with E-state index < -0.39 is 12.1 Å². The number of carbonyl (C=O) groups excluding carboxylic acids is 1. The van der Waals surface area contributed by atoms with Crippen molar-refractivity contribution >= 4 is 22.9 Å². The van der Waals surface area contributed by atoms with Crippen LogP contribution in [-0.4, -0.2) is 33.7 Å². The molecule has 7 heteroatoms. The van der Waals surface area contributed by atoms with E-state index >= 15 is 0 Å². The summed E-state index contributed by atoms with van der Waals surface area (Å²) in [4.78, 5) is 29.8. The highest BCUT2D eigenvalue weighted by Gasteiger charge is 2.34. The molecule has 1 atom stereocenters. The molecular formula is C24H23N3O4. The van der Waals surface area contributed by atoms with Gasteiger partial charge in [0.15, 0.2) is 6.10 Å². The summed E-state index contributed by atoms with van der Waals surface area (Å²) in [6.07, 6.45) is 3.69. The molecule has 3 aromatic rings. The molecule has 0 fully saturated rings. The maximum atomic E-state index is 13.2. The van der Waals surface area contributed by atoms with E-state index in [1.54, 1.807) is 10.6 Å². The first-order valence-electron chi connectivity index (χ1n) is 10.5. The number of ether oxygens (including phenoxy) is 1. The normalized spacial score (nSPS) is 17.0. The lowest BCUT2D eigenvalue weighted by Crippen LogP contribution is -2.32. The first-order valence-corrected chi connectivity index (χ1v) is 10.5. The van der Waals surface area contributed by atoms with Gasteiger partial charge in [-0.05, 0) is 37.2 Å². The van der Waals surface area contributed by atoms with Gasteiger partial charge in [0.25, 0.3) is 5.56 Å². The third-order valence-corrected chi connectivity index (χ3v) is 5.93. The Bertz CT molecular complexity index is 1290. The fraction of sp³-hybridized carbons (Fsp3) is 0.292. The Hall–Kier alpha value is -3.29. The first-order chi connectivity index (χ1) is 15.1. The molecule has 0 bridgehead atoms. The van der Waals surface area contributed by atoms with Gasteiger partial charge >= 0.3 is 5.97 Å². The number of nitrogens with one attached hydrogen (secondary N) is 1. The minimum absolute atomic E-state index is 0.118. The number of para-hydroxylation sites is 1. The fourth-order valence-corrected chi connectivity index (χ4v) is 4.36. The standard InChI is InChI=1S/C24H23N3O4/c1-2-25-10-6-5-7-14-15-8-3-4-9-19(15)26-21-17(14)12-27-20(21)11-16-18(23(27)29)13-31-24(30)22(16)28/h3-5,7-9,11,22,25,28H,2,6,10,12-13H2,1H3/b7-5+/t22-/m0/s1. The first kappa shape index (κ1) is 19.7. The Morgan fingerprint density at radius 2 is 2.13 bits per heavy atom. The molecule has 0 unspecified atom stereocenters. The van der Waals surface area contributed by atoms with E-state index in [2.05, 4.69) is 24.4 Å². The maximum absolute atomic E-state index is 13.2. The van der Waals surface area contributed by atoms with Crippen LogP contribution in [0.4, 0.5) is 0 Å². The van der Waals surface area contributed by atoms with Gasteiger partial charge in [0.1, 0.15) is 6.61 Å². The molecule has 0 saturated carbocycles. The van der Waals surface area contributed by atoms with Crippen LogP contribution in [0.2, 0.25) is 0 Å². The molecule has 2 aliphatic heterocycles. The smallest absolute Gasteiger partial charge is 0.340 e. The largest absolute Gasteiger partial charge is 0.458 e. The fourth-order valence-electron chi connectivity index (χ4n) is 4.36. The molecule has 4 heterocycles. The van der Waals surface area contributed by atoms with Gasteiger partial charge in [0, 0.05) is 16.5 Å². The summed E-state index contributed by atoms with van der Waals surface area (Å²) >= 11 is 0. The number of rotatable bonds is 5. The molecule has 0 amide bonds. The van der Waals surface area contributed by atoms with Gasteiger partial charge in [-0.25, -0.2) is 9.78 Å². The number of aliphatic hydroxyl groups excluding tert-OH is 1. The van der Waals surface area contributed by atoms with Gasteiger partial charge in [0.2, 0.25) is 0 Å². The van der Waals surface area contributed by atoms with Crippen molar-refractivity contribution in [3.8, 4) is 11.4 Å². The van der Waals surface area contributed by atoms with E-state index in [-0.39, 0.29) is 12.2 Å². The van der Waals surface area contributed by atoms with Crippen LogP contribution in [0.3, 0.4) is 0 Å². The quantitative estimate of drug-likeness (QED) is 0.383. The molecule has 5 rings (SSSR count). The van der Waals surface area contributed by atoms with Crippen LogP contribution >= 0.6 is 0 Å². The molecule has 2 aliphatic rings. The Labute approximate surface area is 179 Å². The summed E-state index contributed by atoms with van der Waals surface area (Å²) in [5, 5.41) is 14.6. The predicted octanol–water partition coefficient (Wildman–Crippen LogP) is 2.53. The van der Waals surface area contributed by atoms with Crippen LogP contribution in [0, 0.1) is 0 Å². The monoisotopic (exact) mass is 417 g/mol. The number of cyclic esters (lactones) is 1. The van der Waals surface area contributed by atoms with Gasteiger partial charge in [-0.3, -0.25) is 4.79 Å². The lowest BCUT2D eigenvalue weighted by atomic mass is 9.98. The molecule has 2 N–H and O–H groups in total. The number of fused-ring (bicyclic) bond motifs is 5. The van der Waals surface area contributed by atoms with Gasteiger partial charge in [-0.15, -0.1) is 0 Å². The zero-order valence-electron chi connectivity index (χ0n) is 17.2. The van der Waals surface area contributed by atoms with Crippen molar-refractivity contribution in [1.82, 2.24) is 14.9 Å². The van der Waals surface area contributed by atoms with E-state index in [1.807, 2.05) is 24.3 Å². The van der Waals surface area contributed by atoms with Gasteiger partial charge < -0.3 is 19.7 Å². The van der Waals surface area contributed by atoms with E-state index in [1.165, 1.54) is 0 Å². The second-order valence-electron chi connectivity index (χ2n) is 7.78. The number of hydrogen-bond donors (Lipinski definition) is 2. The maximum Gasteiger partial charge on any atom is 0.340 e. The molecule has 2 aromatic heterocycles. The van der Waals surface area contributed by atoms with Crippen molar-refractivity contribution < 1.29 is 14.6 Å². The van der Waals surface area contributed by atoms with Gasteiger partial charge in [0.05, 0.1) is 29.0 Å². The van der Waals surface area contributed by atoms with Crippen molar-refractivity contribution in [2.75, 3.05) is 13.1 Å². The van der Waals surface area contributed by atoms with E-state index in [0.717, 1.165) is 47.2 Å². The summed E-state index contributed by atoms with van der Waals surface area (Å²) in [6.45, 7) is 4.19.